The first-order valence-electron chi connectivity index (χ1n) is 5.10. The van der Waals surface area contributed by atoms with Gasteiger partial charge < -0.3 is 9.47 Å². The fraction of sp³-hybridized carbons (Fsp3) is 0.500. The summed E-state index contributed by atoms with van der Waals surface area (Å²) < 4.78 is 11.0. The average Bonchev–Trinajstić information content (AvgIpc) is 2.28. The van der Waals surface area contributed by atoms with Crippen LogP contribution in [0.3, 0.4) is 0 Å². The van der Waals surface area contributed by atoms with E-state index in [1.165, 1.54) is 0 Å². The molecule has 0 bridgehead atoms. The maximum Gasteiger partial charge on any atom is 0.161 e. The smallest absolute Gasteiger partial charge is 0.161 e. The molecule has 1 aromatic rings. The molecule has 15 heavy (non-hydrogen) atoms. The van der Waals surface area contributed by atoms with E-state index in [4.69, 9.17) is 21.1 Å². The quantitative estimate of drug-likeness (QED) is 0.717. The van der Waals surface area contributed by atoms with Crippen molar-refractivity contribution >= 4 is 11.6 Å². The molecular formula is C12H17ClO2. The van der Waals surface area contributed by atoms with E-state index >= 15 is 0 Å². The highest BCUT2D eigenvalue weighted by Crippen LogP contribution is 2.29. The minimum Gasteiger partial charge on any atom is -0.493 e. The van der Waals surface area contributed by atoms with E-state index in [1.807, 2.05) is 25.1 Å². The van der Waals surface area contributed by atoms with Gasteiger partial charge >= 0.3 is 0 Å². The molecule has 0 aliphatic heterocycles. The predicted molar refractivity (Wildman–Crippen MR) is 62.9 cm³/mol. The lowest BCUT2D eigenvalue weighted by Crippen LogP contribution is -2.10. The summed E-state index contributed by atoms with van der Waals surface area (Å²) in [6.45, 7) is 4.12. The molecule has 3 heteroatoms. The highest BCUT2D eigenvalue weighted by Gasteiger charge is 2.08. The average molecular weight is 229 g/mol. The van der Waals surface area contributed by atoms with Crippen molar-refractivity contribution in [2.45, 2.75) is 32.3 Å². The van der Waals surface area contributed by atoms with E-state index in [0.717, 1.165) is 23.5 Å². The third-order valence-corrected chi connectivity index (χ3v) is 2.59. The number of rotatable bonds is 5. The molecule has 0 spiro atoms. The lowest BCUT2D eigenvalue weighted by molar-refractivity contribution is 0.207. The van der Waals surface area contributed by atoms with Gasteiger partial charge in [0.25, 0.3) is 0 Å². The highest BCUT2D eigenvalue weighted by atomic mass is 35.5. The standard InChI is InChI=1S/C12H17ClO2/c1-4-9(2)15-12-7-10(8-13)5-6-11(12)14-3/h5-7,9H,4,8H2,1-3H3. The monoisotopic (exact) mass is 228 g/mol. The lowest BCUT2D eigenvalue weighted by Gasteiger charge is -2.16. The molecule has 1 atom stereocenters. The fourth-order valence-corrected chi connectivity index (χ4v) is 1.36. The van der Waals surface area contributed by atoms with E-state index in [2.05, 4.69) is 6.92 Å². The van der Waals surface area contributed by atoms with Crippen LogP contribution in [0.2, 0.25) is 0 Å². The van der Waals surface area contributed by atoms with E-state index < -0.39 is 0 Å². The Labute approximate surface area is 96.2 Å². The molecule has 1 rings (SSSR count). The van der Waals surface area contributed by atoms with Crippen LogP contribution in [-0.4, -0.2) is 13.2 Å². The molecule has 0 aromatic heterocycles. The van der Waals surface area contributed by atoms with Crippen molar-refractivity contribution in [3.63, 3.8) is 0 Å². The zero-order valence-electron chi connectivity index (χ0n) is 9.42. The Morgan fingerprint density at radius 1 is 1.33 bits per heavy atom. The second-order valence-corrected chi connectivity index (χ2v) is 3.72. The topological polar surface area (TPSA) is 18.5 Å². The van der Waals surface area contributed by atoms with Gasteiger partial charge in [0, 0.05) is 5.88 Å². The molecule has 1 aromatic carbocycles. The van der Waals surface area contributed by atoms with Crippen LogP contribution in [-0.2, 0) is 5.88 Å². The Morgan fingerprint density at radius 3 is 2.60 bits per heavy atom. The number of hydrogen-bond acceptors (Lipinski definition) is 2. The maximum absolute atomic E-state index is 5.77. The molecule has 0 aliphatic rings. The summed E-state index contributed by atoms with van der Waals surface area (Å²) in [6.07, 6.45) is 1.15. The number of hydrogen-bond donors (Lipinski definition) is 0. The van der Waals surface area contributed by atoms with E-state index in [0.29, 0.717) is 5.88 Å². The van der Waals surface area contributed by atoms with Crippen molar-refractivity contribution in [2.24, 2.45) is 0 Å². The van der Waals surface area contributed by atoms with Gasteiger partial charge in [0.1, 0.15) is 0 Å². The van der Waals surface area contributed by atoms with Crippen molar-refractivity contribution in [3.05, 3.63) is 23.8 Å². The Hall–Kier alpha value is -0.890. The van der Waals surface area contributed by atoms with E-state index in [9.17, 15) is 0 Å². The maximum atomic E-state index is 5.77. The minimum atomic E-state index is 0.185. The van der Waals surface area contributed by atoms with Gasteiger partial charge in [0.05, 0.1) is 13.2 Å². The third-order valence-electron chi connectivity index (χ3n) is 2.29. The normalized spacial score (nSPS) is 12.3. The van der Waals surface area contributed by atoms with Gasteiger partial charge in [-0.2, -0.15) is 0 Å². The zero-order valence-corrected chi connectivity index (χ0v) is 10.2. The number of alkyl halides is 1. The predicted octanol–water partition coefficient (Wildman–Crippen LogP) is 3.61. The van der Waals surface area contributed by atoms with Gasteiger partial charge in [0.15, 0.2) is 11.5 Å². The summed E-state index contributed by atoms with van der Waals surface area (Å²) in [4.78, 5) is 0. The largest absolute Gasteiger partial charge is 0.493 e. The molecule has 0 amide bonds. The highest BCUT2D eigenvalue weighted by molar-refractivity contribution is 6.17. The Morgan fingerprint density at radius 2 is 2.07 bits per heavy atom. The van der Waals surface area contributed by atoms with Gasteiger partial charge in [-0.1, -0.05) is 13.0 Å². The van der Waals surface area contributed by atoms with Crippen molar-refractivity contribution in [1.29, 1.82) is 0 Å². The van der Waals surface area contributed by atoms with Crippen LogP contribution in [0, 0.1) is 0 Å². The van der Waals surface area contributed by atoms with Gasteiger partial charge in [0.2, 0.25) is 0 Å². The molecule has 2 nitrogen and oxygen atoms in total. The molecule has 0 saturated heterocycles. The molecule has 0 fully saturated rings. The molecule has 0 saturated carbocycles. The molecule has 84 valence electrons. The third kappa shape index (κ3) is 3.31. The minimum absolute atomic E-state index is 0.185. The molecule has 1 unspecified atom stereocenters. The number of methoxy groups -OCH3 is 1. The van der Waals surface area contributed by atoms with Crippen molar-refractivity contribution in [2.75, 3.05) is 7.11 Å². The fourth-order valence-electron chi connectivity index (χ4n) is 1.20. The molecule has 0 N–H and O–H groups in total. The van der Waals surface area contributed by atoms with Crippen LogP contribution in [0.1, 0.15) is 25.8 Å². The van der Waals surface area contributed by atoms with Crippen molar-refractivity contribution < 1.29 is 9.47 Å². The summed E-state index contributed by atoms with van der Waals surface area (Å²) in [5.74, 6) is 2.01. The Bertz CT molecular complexity index is 312. The number of ether oxygens (including phenoxy) is 2. The van der Waals surface area contributed by atoms with Gasteiger partial charge in [-0.15, -0.1) is 11.6 Å². The summed E-state index contributed by atoms with van der Waals surface area (Å²) >= 11 is 5.77. The molecule has 0 radical (unpaired) electrons. The van der Waals surface area contributed by atoms with Crippen molar-refractivity contribution in [3.8, 4) is 11.5 Å². The van der Waals surface area contributed by atoms with Crippen molar-refractivity contribution in [1.82, 2.24) is 0 Å². The van der Waals surface area contributed by atoms with Gasteiger partial charge in [-0.25, -0.2) is 0 Å². The first-order valence-corrected chi connectivity index (χ1v) is 5.64. The number of benzene rings is 1. The Kier molecular flexibility index (Phi) is 4.76. The zero-order chi connectivity index (χ0) is 11.3. The second kappa shape index (κ2) is 5.86. The van der Waals surface area contributed by atoms with E-state index in [-0.39, 0.29) is 6.10 Å². The first-order chi connectivity index (χ1) is 7.21. The van der Waals surface area contributed by atoms with Crippen LogP contribution in [0.25, 0.3) is 0 Å². The van der Waals surface area contributed by atoms with Crippen LogP contribution in [0.4, 0.5) is 0 Å². The summed E-state index contributed by atoms with van der Waals surface area (Å²) in [5.41, 5.74) is 1.04. The molecular weight excluding hydrogens is 212 g/mol. The summed E-state index contributed by atoms with van der Waals surface area (Å²) in [6, 6.07) is 5.75. The SMILES string of the molecule is CCC(C)Oc1cc(CCl)ccc1OC. The van der Waals surface area contributed by atoms with Crippen LogP contribution >= 0.6 is 11.6 Å². The van der Waals surface area contributed by atoms with E-state index in [1.54, 1.807) is 7.11 Å². The van der Waals surface area contributed by atoms with Crippen LogP contribution in [0.5, 0.6) is 11.5 Å². The lowest BCUT2D eigenvalue weighted by atomic mass is 10.2. The summed E-state index contributed by atoms with van der Waals surface area (Å²) in [5, 5.41) is 0. The van der Waals surface area contributed by atoms with Gasteiger partial charge in [-0.3, -0.25) is 0 Å². The number of halogens is 1. The summed E-state index contributed by atoms with van der Waals surface area (Å²) in [7, 11) is 1.64. The Balaban J connectivity index is 2.90. The second-order valence-electron chi connectivity index (χ2n) is 3.46. The van der Waals surface area contributed by atoms with Crippen LogP contribution in [0.15, 0.2) is 18.2 Å². The van der Waals surface area contributed by atoms with Crippen LogP contribution < -0.4 is 9.47 Å². The molecule has 0 aliphatic carbocycles. The van der Waals surface area contributed by atoms with Gasteiger partial charge in [-0.05, 0) is 31.0 Å². The molecule has 0 heterocycles. The first kappa shape index (κ1) is 12.2.